The number of rotatable bonds is 2. The minimum absolute atomic E-state index is 0.570. The Morgan fingerprint density at radius 3 is 2.50 bits per heavy atom. The highest BCUT2D eigenvalue weighted by molar-refractivity contribution is 6.39. The number of carboxylic acids is 1. The molecule has 1 rings (SSSR count). The second-order valence-electron chi connectivity index (χ2n) is 2.55. The molecular weight excluding hydrogens is 192 g/mol. The summed E-state index contributed by atoms with van der Waals surface area (Å²) in [5, 5.41) is 8.33. The van der Waals surface area contributed by atoms with Crippen molar-refractivity contribution in [3.8, 4) is 0 Å². The fourth-order valence-corrected chi connectivity index (χ4v) is 0.840. The summed E-state index contributed by atoms with van der Waals surface area (Å²) in [6.45, 7) is 0. The van der Waals surface area contributed by atoms with E-state index in [1.54, 1.807) is 0 Å². The highest BCUT2D eigenvalue weighted by Gasteiger charge is 2.18. The van der Waals surface area contributed by atoms with Gasteiger partial charge in [0.05, 0.1) is 0 Å². The zero-order valence-electron chi connectivity index (χ0n) is 7.10. The Hall–Kier alpha value is -2.18. The van der Waals surface area contributed by atoms with Crippen LogP contribution in [0.2, 0.25) is 0 Å². The van der Waals surface area contributed by atoms with Crippen LogP contribution in [-0.2, 0) is 11.8 Å². The molecule has 1 heterocycles. The first kappa shape index (κ1) is 9.90. The van der Waals surface area contributed by atoms with Crippen LogP contribution >= 0.6 is 0 Å². The number of H-pyrrole nitrogens is 1. The number of aromatic amines is 1. The third-order valence-corrected chi connectivity index (χ3v) is 1.55. The van der Waals surface area contributed by atoms with Gasteiger partial charge in [0.15, 0.2) is 0 Å². The number of hydrogen-bond donors (Lipinski definition) is 2. The average molecular weight is 198 g/mol. The van der Waals surface area contributed by atoms with Gasteiger partial charge >= 0.3 is 11.7 Å². The van der Waals surface area contributed by atoms with Crippen molar-refractivity contribution >= 4 is 11.8 Å². The summed E-state index contributed by atoms with van der Waals surface area (Å²) in [5.41, 5.74) is -2.28. The van der Waals surface area contributed by atoms with E-state index in [1.807, 2.05) is 4.98 Å². The molecule has 7 heteroatoms. The van der Waals surface area contributed by atoms with Crippen molar-refractivity contribution in [3.63, 3.8) is 0 Å². The molecule has 0 atom stereocenters. The maximum atomic E-state index is 11.0. The van der Waals surface area contributed by atoms with Gasteiger partial charge in [-0.15, -0.1) is 0 Å². The average Bonchev–Trinajstić information content (AvgIpc) is 2.10. The molecule has 14 heavy (non-hydrogen) atoms. The normalized spacial score (nSPS) is 9.79. The fourth-order valence-electron chi connectivity index (χ4n) is 0.840. The molecule has 0 bridgehead atoms. The van der Waals surface area contributed by atoms with Gasteiger partial charge in [0.2, 0.25) is 0 Å². The standard InChI is InChI=1S/C7H6N2O5/c1-9-2-3(4(10)6(12)13)5(11)8-7(9)14/h2H,1H3,(H,12,13)(H,8,11,14). The molecule has 0 aromatic carbocycles. The van der Waals surface area contributed by atoms with Gasteiger partial charge in [-0.05, 0) is 0 Å². The quantitative estimate of drug-likeness (QED) is 0.436. The van der Waals surface area contributed by atoms with Crippen molar-refractivity contribution in [1.82, 2.24) is 9.55 Å². The number of carbonyl (C=O) groups is 2. The lowest BCUT2D eigenvalue weighted by atomic mass is 10.2. The van der Waals surface area contributed by atoms with Crippen LogP contribution in [0.25, 0.3) is 0 Å². The van der Waals surface area contributed by atoms with Gasteiger partial charge in [-0.25, -0.2) is 9.59 Å². The molecule has 0 unspecified atom stereocenters. The lowest BCUT2D eigenvalue weighted by Gasteiger charge is -1.97. The number of nitrogens with one attached hydrogen (secondary N) is 1. The molecule has 0 amide bonds. The van der Waals surface area contributed by atoms with Crippen molar-refractivity contribution < 1.29 is 14.7 Å². The number of ketones is 1. The number of Topliss-reactive ketones (excluding diaryl/α,β-unsaturated/α-hetero) is 1. The summed E-state index contributed by atoms with van der Waals surface area (Å²) in [6, 6.07) is 0. The minimum Gasteiger partial charge on any atom is -0.475 e. The molecule has 0 radical (unpaired) electrons. The van der Waals surface area contributed by atoms with Gasteiger partial charge in [0.1, 0.15) is 5.56 Å². The molecule has 0 saturated carbocycles. The molecule has 74 valence electrons. The number of aryl methyl sites for hydroxylation is 1. The molecule has 0 saturated heterocycles. The number of hydrogen-bond acceptors (Lipinski definition) is 4. The summed E-state index contributed by atoms with van der Waals surface area (Å²) in [6.07, 6.45) is 0.887. The molecule has 2 N–H and O–H groups in total. The molecule has 7 nitrogen and oxygen atoms in total. The number of nitrogens with zero attached hydrogens (tertiary/aromatic N) is 1. The summed E-state index contributed by atoms with van der Waals surface area (Å²) >= 11 is 0. The Bertz CT molecular complexity index is 510. The molecule has 0 spiro atoms. The van der Waals surface area contributed by atoms with Gasteiger partial charge in [-0.2, -0.15) is 0 Å². The minimum atomic E-state index is -1.74. The number of carboxylic acid groups (broad SMARTS) is 1. The second kappa shape index (κ2) is 3.29. The first-order valence-electron chi connectivity index (χ1n) is 3.51. The molecule has 0 aliphatic rings. The first-order chi connectivity index (χ1) is 6.43. The number of aromatic nitrogens is 2. The van der Waals surface area contributed by atoms with Crippen molar-refractivity contribution in [1.29, 1.82) is 0 Å². The van der Waals surface area contributed by atoms with Crippen molar-refractivity contribution in [2.75, 3.05) is 0 Å². The Morgan fingerprint density at radius 1 is 1.43 bits per heavy atom. The van der Waals surface area contributed by atoms with Crippen LogP contribution in [0, 0.1) is 0 Å². The van der Waals surface area contributed by atoms with E-state index in [-0.39, 0.29) is 0 Å². The van der Waals surface area contributed by atoms with E-state index in [1.165, 1.54) is 7.05 Å². The molecule has 0 fully saturated rings. The lowest BCUT2D eigenvalue weighted by molar-refractivity contribution is -0.131. The maximum Gasteiger partial charge on any atom is 0.377 e. The largest absolute Gasteiger partial charge is 0.475 e. The van der Waals surface area contributed by atoms with Gasteiger partial charge in [0.25, 0.3) is 11.3 Å². The van der Waals surface area contributed by atoms with Crippen molar-refractivity contribution in [2.24, 2.45) is 7.05 Å². The zero-order chi connectivity index (χ0) is 10.9. The molecule has 0 aliphatic heterocycles. The lowest BCUT2D eigenvalue weighted by Crippen LogP contribution is -2.33. The Balaban J connectivity index is 3.45. The predicted octanol–water partition coefficient (Wildman–Crippen LogP) is -1.66. The number of aliphatic carboxylic acids is 1. The van der Waals surface area contributed by atoms with Crippen LogP contribution in [0.15, 0.2) is 15.8 Å². The van der Waals surface area contributed by atoms with E-state index in [0.29, 0.717) is 0 Å². The highest BCUT2D eigenvalue weighted by atomic mass is 16.4. The van der Waals surface area contributed by atoms with Gasteiger partial charge in [0, 0.05) is 13.2 Å². The first-order valence-corrected chi connectivity index (χ1v) is 3.51. The molecular formula is C7H6N2O5. The summed E-state index contributed by atoms with van der Waals surface area (Å²) < 4.78 is 0.914. The summed E-state index contributed by atoms with van der Waals surface area (Å²) in [7, 11) is 1.29. The van der Waals surface area contributed by atoms with Crippen LogP contribution < -0.4 is 11.2 Å². The van der Waals surface area contributed by atoms with E-state index in [2.05, 4.69) is 0 Å². The molecule has 1 aromatic rings. The van der Waals surface area contributed by atoms with Crippen molar-refractivity contribution in [3.05, 3.63) is 32.6 Å². The van der Waals surface area contributed by atoms with E-state index in [4.69, 9.17) is 5.11 Å². The molecule has 0 aliphatic carbocycles. The third kappa shape index (κ3) is 1.60. The maximum absolute atomic E-state index is 11.0. The van der Waals surface area contributed by atoms with Crippen LogP contribution in [0.3, 0.4) is 0 Å². The Kier molecular flexibility index (Phi) is 2.32. The van der Waals surface area contributed by atoms with Crippen LogP contribution in [0.4, 0.5) is 0 Å². The Morgan fingerprint density at radius 2 is 2.00 bits per heavy atom. The van der Waals surface area contributed by atoms with E-state index in [9.17, 15) is 19.2 Å². The molecule has 1 aromatic heterocycles. The third-order valence-electron chi connectivity index (χ3n) is 1.55. The van der Waals surface area contributed by atoms with E-state index >= 15 is 0 Å². The monoisotopic (exact) mass is 198 g/mol. The Labute approximate surface area is 76.6 Å². The van der Waals surface area contributed by atoms with Gasteiger partial charge < -0.3 is 9.67 Å². The van der Waals surface area contributed by atoms with Gasteiger partial charge in [-0.1, -0.05) is 0 Å². The van der Waals surface area contributed by atoms with E-state index in [0.717, 1.165) is 10.8 Å². The predicted molar refractivity (Wildman–Crippen MR) is 44.3 cm³/mol. The van der Waals surface area contributed by atoms with Crippen LogP contribution in [0.5, 0.6) is 0 Å². The van der Waals surface area contributed by atoms with Crippen molar-refractivity contribution in [2.45, 2.75) is 0 Å². The SMILES string of the molecule is Cn1cc(C(=O)C(=O)O)c(=O)[nH]c1=O. The smallest absolute Gasteiger partial charge is 0.377 e. The van der Waals surface area contributed by atoms with Gasteiger partial charge in [-0.3, -0.25) is 14.6 Å². The summed E-state index contributed by atoms with van der Waals surface area (Å²) in [4.78, 5) is 44.8. The van der Waals surface area contributed by atoms with Crippen LogP contribution in [-0.4, -0.2) is 26.4 Å². The second-order valence-corrected chi connectivity index (χ2v) is 2.55. The zero-order valence-corrected chi connectivity index (χ0v) is 7.10. The number of carbonyl (C=O) groups excluding carboxylic acids is 1. The van der Waals surface area contributed by atoms with E-state index < -0.39 is 28.6 Å². The topological polar surface area (TPSA) is 109 Å². The highest BCUT2D eigenvalue weighted by Crippen LogP contribution is 1.89. The fraction of sp³-hybridized carbons (Fsp3) is 0.143. The summed E-state index contributed by atoms with van der Waals surface area (Å²) in [5.74, 6) is -3.09. The van der Waals surface area contributed by atoms with Crippen LogP contribution in [0.1, 0.15) is 10.4 Å².